The molecule has 5 rings (SSSR count). The summed E-state index contributed by atoms with van der Waals surface area (Å²) in [7, 11) is 0. The van der Waals surface area contributed by atoms with E-state index < -0.39 is 31.0 Å². The van der Waals surface area contributed by atoms with Gasteiger partial charge in [-0.2, -0.15) is 10.2 Å². The van der Waals surface area contributed by atoms with Crippen molar-refractivity contribution in [3.8, 4) is 0 Å². The molecule has 0 bridgehead atoms. The predicted octanol–water partition coefficient (Wildman–Crippen LogP) is 4.18. The number of nitrogens with zero attached hydrogens (tertiary/aromatic N) is 6. The topological polar surface area (TPSA) is 109 Å². The van der Waals surface area contributed by atoms with Gasteiger partial charge in [-0.3, -0.25) is 9.48 Å². The van der Waals surface area contributed by atoms with Crippen LogP contribution >= 0.6 is 0 Å². The number of alkyl halides is 4. The first-order valence-corrected chi connectivity index (χ1v) is 12.9. The molecular weight excluding hydrogens is 520 g/mol. The lowest BCUT2D eigenvalue weighted by Crippen LogP contribution is -2.56. The Hall–Kier alpha value is -3.71. The number of hydrogen-bond acceptors (Lipinski definition) is 5. The monoisotopic (exact) mass is 552 g/mol. The third kappa shape index (κ3) is 7.45. The molecule has 1 saturated heterocycles. The molecule has 10 nitrogen and oxygen atoms in total. The molecule has 2 N–H and O–H groups in total. The van der Waals surface area contributed by atoms with Crippen LogP contribution in [0.15, 0.2) is 30.7 Å². The zero-order valence-electron chi connectivity index (χ0n) is 21.8. The average Bonchev–Trinajstić information content (AvgIpc) is 3.52. The Morgan fingerprint density at radius 2 is 1.87 bits per heavy atom. The van der Waals surface area contributed by atoms with E-state index in [1.807, 2.05) is 13.8 Å². The van der Waals surface area contributed by atoms with E-state index in [1.54, 1.807) is 29.2 Å². The van der Waals surface area contributed by atoms with Crippen molar-refractivity contribution in [2.24, 2.45) is 0 Å². The number of fused-ring (bicyclic) bond motifs is 1. The molecule has 3 amide bonds. The van der Waals surface area contributed by atoms with Crippen LogP contribution in [0, 0.1) is 0 Å². The molecule has 3 aromatic rings. The number of nitrogens with one attached hydrogen (secondary N) is 2. The Morgan fingerprint density at radius 1 is 1.13 bits per heavy atom. The van der Waals surface area contributed by atoms with Crippen molar-refractivity contribution in [2.45, 2.75) is 76.9 Å². The second-order valence-electron chi connectivity index (χ2n) is 10.1. The largest absolute Gasteiger partial charge is 0.345 e. The van der Waals surface area contributed by atoms with Crippen LogP contribution in [0.4, 0.5) is 22.4 Å². The number of imidazole rings is 1. The van der Waals surface area contributed by atoms with E-state index in [-0.39, 0.29) is 37.9 Å². The zero-order chi connectivity index (χ0) is 28.2. The van der Waals surface area contributed by atoms with Gasteiger partial charge in [-0.05, 0) is 44.4 Å². The minimum atomic E-state index is -2.98. The summed E-state index contributed by atoms with van der Waals surface area (Å²) < 4.78 is 54.7. The normalized spacial score (nSPS) is 18.4. The molecule has 3 aromatic heterocycles. The molecule has 0 aromatic carbocycles. The van der Waals surface area contributed by atoms with Crippen molar-refractivity contribution in [3.05, 3.63) is 47.7 Å². The number of urea groups is 1. The maximum Gasteiger partial charge on any atom is 0.318 e. The number of rotatable bonds is 6. The maximum atomic E-state index is 13.6. The molecular formula is C25H32F4N8O2. The van der Waals surface area contributed by atoms with Crippen molar-refractivity contribution < 1.29 is 27.2 Å². The minimum Gasteiger partial charge on any atom is -0.345 e. The van der Waals surface area contributed by atoms with E-state index in [1.165, 1.54) is 10.7 Å². The van der Waals surface area contributed by atoms with E-state index in [4.69, 9.17) is 0 Å². The summed E-state index contributed by atoms with van der Waals surface area (Å²) in [6, 6.07) is 2.83. The van der Waals surface area contributed by atoms with Crippen LogP contribution in [-0.4, -0.2) is 66.2 Å². The van der Waals surface area contributed by atoms with E-state index in [0.717, 1.165) is 11.3 Å². The third-order valence-corrected chi connectivity index (χ3v) is 6.41. The lowest BCUT2D eigenvalue weighted by Gasteiger charge is -2.32. The molecule has 212 valence electrons. The van der Waals surface area contributed by atoms with Crippen LogP contribution in [-0.2, 0) is 13.1 Å². The van der Waals surface area contributed by atoms with Gasteiger partial charge in [0, 0.05) is 31.6 Å². The Morgan fingerprint density at radius 3 is 2.54 bits per heavy atom. The lowest BCUT2D eigenvalue weighted by molar-refractivity contribution is -0.0368. The SMILES string of the molecule is CC(C)n1nccc1C(=O)NCc1cn2ncc(CN3CC(F)(F)CNC3=O)cc2n1.FC1(F)CCCCC1. The zero-order valence-corrected chi connectivity index (χ0v) is 21.8. The van der Waals surface area contributed by atoms with Crippen LogP contribution in [0.1, 0.15) is 73.7 Å². The van der Waals surface area contributed by atoms with Gasteiger partial charge in [-0.15, -0.1) is 0 Å². The molecule has 2 aliphatic rings. The highest BCUT2D eigenvalue weighted by Crippen LogP contribution is 2.32. The minimum absolute atomic E-state index is 0.0109. The van der Waals surface area contributed by atoms with E-state index in [0.29, 0.717) is 35.4 Å². The molecule has 14 heteroatoms. The van der Waals surface area contributed by atoms with Crippen molar-refractivity contribution in [1.82, 2.24) is 39.9 Å². The van der Waals surface area contributed by atoms with Crippen molar-refractivity contribution in [2.75, 3.05) is 13.1 Å². The van der Waals surface area contributed by atoms with E-state index >= 15 is 0 Å². The van der Waals surface area contributed by atoms with Gasteiger partial charge < -0.3 is 15.5 Å². The van der Waals surface area contributed by atoms with Crippen LogP contribution in [0.5, 0.6) is 0 Å². The van der Waals surface area contributed by atoms with Crippen LogP contribution in [0.25, 0.3) is 5.65 Å². The molecule has 2 fully saturated rings. The molecule has 0 radical (unpaired) electrons. The quantitative estimate of drug-likeness (QED) is 0.446. The molecule has 39 heavy (non-hydrogen) atoms. The smallest absolute Gasteiger partial charge is 0.318 e. The molecule has 1 aliphatic carbocycles. The number of halogens is 4. The summed E-state index contributed by atoms with van der Waals surface area (Å²) in [6.07, 6.45) is 7.40. The number of amides is 3. The van der Waals surface area contributed by atoms with Gasteiger partial charge in [0.25, 0.3) is 11.8 Å². The number of hydrogen-bond donors (Lipinski definition) is 2. The first-order chi connectivity index (χ1) is 18.4. The second kappa shape index (κ2) is 11.6. The van der Waals surface area contributed by atoms with E-state index in [2.05, 4.69) is 25.8 Å². The van der Waals surface area contributed by atoms with Gasteiger partial charge in [-0.25, -0.2) is 31.9 Å². The second-order valence-corrected chi connectivity index (χ2v) is 10.1. The molecule has 0 atom stereocenters. The Labute approximate surface area is 222 Å². The number of carbonyl (C=O) groups is 2. The summed E-state index contributed by atoms with van der Waals surface area (Å²) in [5.74, 6) is -5.57. The Kier molecular flexibility index (Phi) is 8.40. The first-order valence-electron chi connectivity index (χ1n) is 12.9. The summed E-state index contributed by atoms with van der Waals surface area (Å²) in [4.78, 5) is 29.8. The highest BCUT2D eigenvalue weighted by Gasteiger charge is 2.38. The Balaban J connectivity index is 0.000000379. The summed E-state index contributed by atoms with van der Waals surface area (Å²) in [5, 5.41) is 13.4. The van der Waals surface area contributed by atoms with Crippen LogP contribution < -0.4 is 10.6 Å². The number of carbonyl (C=O) groups excluding carboxylic acids is 2. The average molecular weight is 553 g/mol. The molecule has 0 unspecified atom stereocenters. The van der Waals surface area contributed by atoms with E-state index in [9.17, 15) is 27.2 Å². The van der Waals surface area contributed by atoms with Gasteiger partial charge >= 0.3 is 6.03 Å². The Bertz CT molecular complexity index is 1300. The molecule has 0 spiro atoms. The highest BCUT2D eigenvalue weighted by molar-refractivity contribution is 5.92. The summed E-state index contributed by atoms with van der Waals surface area (Å²) in [6.45, 7) is 2.73. The standard InChI is InChI=1S/C19H22F2N8O2.C6H10F2/c1-12(2)29-15(3-4-24-29)17(30)22-7-14-9-28-16(26-14)5-13(6-25-28)8-27-11-19(20,21)10-23-18(27)31;7-6(8)4-2-1-3-5-6/h3-6,9,12H,7-8,10-11H2,1-2H3,(H,22,30)(H,23,31);1-5H2. The van der Waals surface area contributed by atoms with Gasteiger partial charge in [0.1, 0.15) is 5.69 Å². The predicted molar refractivity (Wildman–Crippen MR) is 134 cm³/mol. The third-order valence-electron chi connectivity index (χ3n) is 6.41. The van der Waals surface area contributed by atoms with Gasteiger partial charge in [-0.1, -0.05) is 6.42 Å². The fraction of sp³-hybridized carbons (Fsp3) is 0.560. The molecule has 4 heterocycles. The van der Waals surface area contributed by atoms with Gasteiger partial charge in [0.2, 0.25) is 5.92 Å². The fourth-order valence-corrected chi connectivity index (χ4v) is 4.44. The lowest BCUT2D eigenvalue weighted by atomic mass is 9.97. The molecule has 1 aliphatic heterocycles. The summed E-state index contributed by atoms with van der Waals surface area (Å²) >= 11 is 0. The van der Waals surface area contributed by atoms with Gasteiger partial charge in [0.05, 0.1) is 37.7 Å². The first kappa shape index (κ1) is 28.3. The van der Waals surface area contributed by atoms with Crippen LogP contribution in [0.2, 0.25) is 0 Å². The number of aromatic nitrogens is 5. The van der Waals surface area contributed by atoms with Gasteiger partial charge in [0.15, 0.2) is 5.65 Å². The van der Waals surface area contributed by atoms with Crippen molar-refractivity contribution in [3.63, 3.8) is 0 Å². The maximum absolute atomic E-state index is 13.6. The fourth-order valence-electron chi connectivity index (χ4n) is 4.44. The highest BCUT2D eigenvalue weighted by atomic mass is 19.3. The van der Waals surface area contributed by atoms with Crippen molar-refractivity contribution >= 4 is 17.6 Å². The van der Waals surface area contributed by atoms with Crippen LogP contribution in [0.3, 0.4) is 0 Å². The summed E-state index contributed by atoms with van der Waals surface area (Å²) in [5.41, 5.74) is 2.09. The molecule has 1 saturated carbocycles. The van der Waals surface area contributed by atoms with Crippen molar-refractivity contribution in [1.29, 1.82) is 0 Å².